The number of nitrogens with one attached hydrogen (secondary N) is 1. The number of carboxylic acids is 1. The Labute approximate surface area is 176 Å². The third-order valence-electron chi connectivity index (χ3n) is 5.12. The molecule has 0 aliphatic carbocycles. The van der Waals surface area contributed by atoms with Crippen molar-refractivity contribution in [3.05, 3.63) is 88.3 Å². The van der Waals surface area contributed by atoms with Gasteiger partial charge in [-0.25, -0.2) is 9.59 Å². The Balaban J connectivity index is 1.36. The van der Waals surface area contributed by atoms with Crippen molar-refractivity contribution in [3.8, 4) is 17.2 Å². The first-order valence-corrected chi connectivity index (χ1v) is 9.64. The maximum atomic E-state index is 12.3. The van der Waals surface area contributed by atoms with Gasteiger partial charge in [-0.15, -0.1) is 0 Å². The van der Waals surface area contributed by atoms with Crippen molar-refractivity contribution in [3.63, 3.8) is 0 Å². The average molecular weight is 418 g/mol. The van der Waals surface area contributed by atoms with Crippen LogP contribution in [0.5, 0.6) is 17.2 Å². The Morgan fingerprint density at radius 3 is 2.65 bits per heavy atom. The summed E-state index contributed by atoms with van der Waals surface area (Å²) in [5, 5.41) is 9.65. The summed E-state index contributed by atoms with van der Waals surface area (Å²) in [6.07, 6.45) is -1.20. The van der Waals surface area contributed by atoms with Crippen molar-refractivity contribution >= 4 is 17.0 Å². The molecule has 8 nitrogen and oxygen atoms in total. The molecule has 0 radical (unpaired) electrons. The Morgan fingerprint density at radius 2 is 1.84 bits per heavy atom. The van der Waals surface area contributed by atoms with E-state index >= 15 is 0 Å². The van der Waals surface area contributed by atoms with Crippen LogP contribution in [-0.2, 0) is 11.3 Å². The van der Waals surface area contributed by atoms with Gasteiger partial charge in [0.1, 0.15) is 5.75 Å². The normalized spacial score (nSPS) is 13.3. The number of benzene rings is 3. The highest BCUT2D eigenvalue weighted by Gasteiger charge is 2.25. The first kappa shape index (κ1) is 18.8. The van der Waals surface area contributed by atoms with Gasteiger partial charge in [0.2, 0.25) is 12.9 Å². The molecule has 0 saturated carbocycles. The van der Waals surface area contributed by atoms with Gasteiger partial charge in [0.25, 0.3) is 0 Å². The second kappa shape index (κ2) is 7.56. The van der Waals surface area contributed by atoms with Gasteiger partial charge in [-0.1, -0.05) is 30.3 Å². The summed E-state index contributed by atoms with van der Waals surface area (Å²) in [6.45, 7) is 0.492. The van der Waals surface area contributed by atoms with E-state index < -0.39 is 12.1 Å². The van der Waals surface area contributed by atoms with Crippen LogP contribution in [0.2, 0.25) is 0 Å². The number of H-pyrrole nitrogens is 1. The molecule has 8 heteroatoms. The van der Waals surface area contributed by atoms with E-state index in [-0.39, 0.29) is 12.5 Å². The highest BCUT2D eigenvalue weighted by Crippen LogP contribution is 2.35. The fraction of sp³-hybridized carbons (Fsp3) is 0.130. The van der Waals surface area contributed by atoms with Crippen LogP contribution in [0, 0.1) is 0 Å². The van der Waals surface area contributed by atoms with Gasteiger partial charge in [0.05, 0.1) is 17.6 Å². The number of aromatic nitrogens is 2. The molecular weight excluding hydrogens is 400 g/mol. The fourth-order valence-electron chi connectivity index (χ4n) is 3.59. The van der Waals surface area contributed by atoms with E-state index in [4.69, 9.17) is 14.2 Å². The number of carbonyl (C=O) groups is 1. The van der Waals surface area contributed by atoms with Gasteiger partial charge in [0.15, 0.2) is 11.5 Å². The van der Waals surface area contributed by atoms with Gasteiger partial charge in [-0.05, 0) is 42.0 Å². The summed E-state index contributed by atoms with van der Waals surface area (Å²) in [5.41, 5.74) is 2.75. The number of carboxylic acid groups (broad SMARTS) is 1. The molecule has 0 spiro atoms. The van der Waals surface area contributed by atoms with Crippen LogP contribution in [0.4, 0.5) is 0 Å². The van der Waals surface area contributed by atoms with E-state index in [0.717, 1.165) is 16.6 Å². The van der Waals surface area contributed by atoms with E-state index in [1.54, 1.807) is 34.9 Å². The van der Waals surface area contributed by atoms with Crippen molar-refractivity contribution in [2.45, 2.75) is 12.6 Å². The minimum Gasteiger partial charge on any atom is -0.478 e. The number of hydrogen-bond acceptors (Lipinski definition) is 5. The van der Waals surface area contributed by atoms with Gasteiger partial charge in [-0.2, -0.15) is 0 Å². The maximum Gasteiger partial charge on any atom is 0.349 e. The Bertz CT molecular complexity index is 1320. The van der Waals surface area contributed by atoms with Crippen molar-refractivity contribution in [2.24, 2.45) is 0 Å². The predicted octanol–water partition coefficient (Wildman–Crippen LogP) is 3.31. The highest BCUT2D eigenvalue weighted by molar-refractivity contribution is 5.76. The van der Waals surface area contributed by atoms with Crippen molar-refractivity contribution < 1.29 is 24.1 Å². The second-order valence-electron chi connectivity index (χ2n) is 7.13. The van der Waals surface area contributed by atoms with E-state index in [2.05, 4.69) is 4.98 Å². The number of nitrogens with zero attached hydrogens (tertiary/aromatic N) is 1. The zero-order valence-corrected chi connectivity index (χ0v) is 16.3. The Hall–Kier alpha value is -4.20. The van der Waals surface area contributed by atoms with E-state index in [1.165, 1.54) is 0 Å². The summed E-state index contributed by atoms with van der Waals surface area (Å²) >= 11 is 0. The number of aliphatic carboxylic acids is 1. The largest absolute Gasteiger partial charge is 0.478 e. The molecule has 2 heterocycles. The minimum atomic E-state index is -1.20. The highest BCUT2D eigenvalue weighted by atomic mass is 16.7. The van der Waals surface area contributed by atoms with Crippen LogP contribution in [0.3, 0.4) is 0 Å². The number of fused-ring (bicyclic) bond motifs is 2. The molecule has 1 unspecified atom stereocenters. The molecular formula is C23H18N2O6. The summed E-state index contributed by atoms with van der Waals surface area (Å²) < 4.78 is 18.0. The van der Waals surface area contributed by atoms with Crippen LogP contribution in [-0.4, -0.2) is 27.4 Å². The summed E-state index contributed by atoms with van der Waals surface area (Å²) in [6, 6.07) is 19.4. The topological polar surface area (TPSA) is 103 Å². The molecule has 0 saturated heterocycles. The lowest BCUT2D eigenvalue weighted by Gasteiger charge is -2.16. The molecule has 1 aliphatic heterocycles. The number of imidazole rings is 1. The Morgan fingerprint density at radius 1 is 1.06 bits per heavy atom. The first-order chi connectivity index (χ1) is 15.1. The number of hydrogen-bond donors (Lipinski definition) is 2. The lowest BCUT2D eigenvalue weighted by Crippen LogP contribution is -2.18. The molecule has 31 heavy (non-hydrogen) atoms. The molecule has 156 valence electrons. The molecule has 5 rings (SSSR count). The summed E-state index contributed by atoms with van der Waals surface area (Å²) in [4.78, 5) is 26.9. The minimum absolute atomic E-state index is 0.109. The molecule has 0 fully saturated rings. The van der Waals surface area contributed by atoms with Crippen molar-refractivity contribution in [1.82, 2.24) is 9.55 Å². The van der Waals surface area contributed by atoms with E-state index in [1.807, 2.05) is 36.4 Å². The zero-order chi connectivity index (χ0) is 21.4. The van der Waals surface area contributed by atoms with Gasteiger partial charge >= 0.3 is 11.7 Å². The molecule has 0 bridgehead atoms. The summed E-state index contributed by atoms with van der Waals surface area (Å²) in [5.74, 6) is 0.352. The number of aromatic amines is 1. The van der Waals surface area contributed by atoms with Gasteiger partial charge in [-0.3, -0.25) is 4.57 Å². The smallest absolute Gasteiger partial charge is 0.349 e. The lowest BCUT2D eigenvalue weighted by molar-refractivity contribution is -0.145. The molecule has 1 atom stereocenters. The predicted molar refractivity (Wildman–Crippen MR) is 112 cm³/mol. The standard InChI is InChI=1S/C23H18N2O6/c26-22(27)21(15-7-10-19-20(11-15)30-13-29-19)31-16-8-5-14(6-9-16)12-25-18-4-2-1-3-17(18)24-23(25)28/h1-11,21H,12-13H2,(H,24,28)(H,26,27). The van der Waals surface area contributed by atoms with Crippen LogP contribution in [0.15, 0.2) is 71.5 Å². The molecule has 1 aliphatic rings. The maximum absolute atomic E-state index is 12.3. The van der Waals surface area contributed by atoms with Crippen LogP contribution in [0.1, 0.15) is 17.2 Å². The van der Waals surface area contributed by atoms with Gasteiger partial charge < -0.3 is 24.3 Å². The third kappa shape index (κ3) is 3.59. The van der Waals surface area contributed by atoms with Gasteiger partial charge in [0, 0.05) is 5.56 Å². The zero-order valence-electron chi connectivity index (χ0n) is 16.3. The second-order valence-corrected chi connectivity index (χ2v) is 7.13. The quantitative estimate of drug-likeness (QED) is 0.498. The molecule has 3 aromatic carbocycles. The van der Waals surface area contributed by atoms with Crippen LogP contribution in [0.25, 0.3) is 11.0 Å². The average Bonchev–Trinajstić information content (AvgIpc) is 3.36. The third-order valence-corrected chi connectivity index (χ3v) is 5.12. The van der Waals surface area contributed by atoms with E-state index in [9.17, 15) is 14.7 Å². The molecule has 2 N–H and O–H groups in total. The van der Waals surface area contributed by atoms with E-state index in [0.29, 0.717) is 29.4 Å². The van der Waals surface area contributed by atoms with Crippen LogP contribution < -0.4 is 19.9 Å². The monoisotopic (exact) mass is 418 g/mol. The summed E-state index contributed by atoms with van der Waals surface area (Å²) in [7, 11) is 0. The Kier molecular flexibility index (Phi) is 4.59. The van der Waals surface area contributed by atoms with Crippen molar-refractivity contribution in [1.29, 1.82) is 0 Å². The first-order valence-electron chi connectivity index (χ1n) is 9.64. The number of para-hydroxylation sites is 2. The lowest BCUT2D eigenvalue weighted by atomic mass is 10.1. The number of rotatable bonds is 6. The molecule has 0 amide bonds. The fourth-order valence-corrected chi connectivity index (χ4v) is 3.59. The number of ether oxygens (including phenoxy) is 3. The van der Waals surface area contributed by atoms with Crippen molar-refractivity contribution in [2.75, 3.05) is 6.79 Å². The van der Waals surface area contributed by atoms with Crippen LogP contribution >= 0.6 is 0 Å². The SMILES string of the molecule is O=C(O)C(Oc1ccc(Cn2c(=O)[nH]c3ccccc32)cc1)c1ccc2c(c1)OCO2. The molecule has 4 aromatic rings. The molecule has 1 aromatic heterocycles.